The standard InChI is InChI=1S/C11H12NO.Sn/c1-8-11-6-9(7-13)2-3-10(11)4-5-12-8;/h2-3,6-8H,4-5H2,1H3;/q-1;+2. The Morgan fingerprint density at radius 2 is 2.36 bits per heavy atom. The molecule has 2 radical (unpaired) electrons. The fourth-order valence-electron chi connectivity index (χ4n) is 1.91. The van der Waals surface area contributed by atoms with Crippen molar-refractivity contribution in [2.45, 2.75) is 19.4 Å². The second-order valence-corrected chi connectivity index (χ2v) is 5.33. The van der Waals surface area contributed by atoms with Crippen LogP contribution in [0.5, 0.6) is 0 Å². The fourth-order valence-corrected chi connectivity index (χ4v) is 2.62. The molecule has 0 aliphatic carbocycles. The fraction of sp³-hybridized carbons (Fsp3) is 0.364. The van der Waals surface area contributed by atoms with E-state index in [-0.39, 0.29) is 0 Å². The van der Waals surface area contributed by atoms with E-state index in [1.807, 2.05) is 12.1 Å². The van der Waals surface area contributed by atoms with Crippen molar-refractivity contribution in [1.82, 2.24) is 3.12 Å². The molecule has 0 spiro atoms. The number of aldehydes is 1. The molecule has 1 aromatic carbocycles. The number of hydrogen-bond donors (Lipinski definition) is 0. The van der Waals surface area contributed by atoms with E-state index in [9.17, 15) is 4.79 Å². The van der Waals surface area contributed by atoms with E-state index < -0.39 is 0 Å². The minimum absolute atomic E-state index is 0.469. The van der Waals surface area contributed by atoms with E-state index in [1.165, 1.54) is 33.9 Å². The first-order valence-electron chi connectivity index (χ1n) is 4.78. The summed E-state index contributed by atoms with van der Waals surface area (Å²) >= 11 is 1.46. The van der Waals surface area contributed by atoms with E-state index in [4.69, 9.17) is 0 Å². The minimum atomic E-state index is 0.469. The van der Waals surface area contributed by atoms with Gasteiger partial charge in [-0.2, -0.15) is 0 Å². The number of benzene rings is 1. The molecule has 3 heteroatoms. The Kier molecular flexibility index (Phi) is 2.93. The van der Waals surface area contributed by atoms with E-state index in [0.29, 0.717) is 6.04 Å². The molecule has 0 N–H and O–H groups in total. The zero-order valence-corrected chi connectivity index (χ0v) is 11.0. The van der Waals surface area contributed by atoms with Gasteiger partial charge in [-0.3, -0.25) is 0 Å². The van der Waals surface area contributed by atoms with Crippen LogP contribution in [0.3, 0.4) is 0 Å². The molecular formula is C11H12NOSn+. The number of carbonyl (C=O) groups excluding carboxylic acids is 1. The van der Waals surface area contributed by atoms with Crippen molar-refractivity contribution in [1.29, 1.82) is 0 Å². The van der Waals surface area contributed by atoms with Crippen LogP contribution in [0.25, 0.3) is 0 Å². The predicted molar refractivity (Wildman–Crippen MR) is 56.4 cm³/mol. The van der Waals surface area contributed by atoms with Gasteiger partial charge in [0.25, 0.3) is 0 Å². The van der Waals surface area contributed by atoms with Crippen LogP contribution in [-0.4, -0.2) is 38.8 Å². The van der Waals surface area contributed by atoms with E-state index in [2.05, 4.69) is 16.1 Å². The van der Waals surface area contributed by atoms with Gasteiger partial charge in [-0.15, -0.1) is 0 Å². The molecule has 1 aliphatic rings. The summed E-state index contributed by atoms with van der Waals surface area (Å²) in [4.78, 5) is 10.7. The molecule has 14 heavy (non-hydrogen) atoms. The van der Waals surface area contributed by atoms with Gasteiger partial charge in [-0.05, 0) is 0 Å². The Balaban J connectivity index is 2.45. The molecule has 70 valence electrons. The third-order valence-corrected chi connectivity index (χ3v) is 4.59. The van der Waals surface area contributed by atoms with Crippen LogP contribution in [-0.2, 0) is 6.42 Å². The van der Waals surface area contributed by atoms with Gasteiger partial charge in [-0.1, -0.05) is 0 Å². The molecule has 0 saturated heterocycles. The zero-order valence-electron chi connectivity index (χ0n) is 8.16. The summed E-state index contributed by atoms with van der Waals surface area (Å²) in [6.07, 6.45) is 2.04. The van der Waals surface area contributed by atoms with Crippen LogP contribution in [0.4, 0.5) is 0 Å². The molecular weight excluding hydrogens is 281 g/mol. The first kappa shape index (κ1) is 10.2. The normalized spacial score (nSPS) is 21.6. The molecule has 0 aromatic heterocycles. The Morgan fingerprint density at radius 1 is 1.57 bits per heavy atom. The Morgan fingerprint density at radius 3 is 3.07 bits per heavy atom. The number of rotatable bonds is 1. The van der Waals surface area contributed by atoms with Crippen molar-refractivity contribution in [3.63, 3.8) is 0 Å². The van der Waals surface area contributed by atoms with Crippen molar-refractivity contribution < 1.29 is 4.79 Å². The van der Waals surface area contributed by atoms with Gasteiger partial charge in [-0.25, -0.2) is 0 Å². The SMILES string of the molecule is CC1c2cc(C=O)ccc2CC[N]1[Sn+]. The van der Waals surface area contributed by atoms with Gasteiger partial charge in [0.2, 0.25) is 0 Å². The van der Waals surface area contributed by atoms with Gasteiger partial charge in [0, 0.05) is 0 Å². The monoisotopic (exact) mass is 294 g/mol. The van der Waals surface area contributed by atoms with Crippen molar-refractivity contribution >= 4 is 29.1 Å². The van der Waals surface area contributed by atoms with Crippen LogP contribution in [0, 0.1) is 0 Å². The second-order valence-electron chi connectivity index (χ2n) is 3.70. The summed E-state index contributed by atoms with van der Waals surface area (Å²) in [5, 5.41) is 0. The van der Waals surface area contributed by atoms with E-state index in [1.54, 1.807) is 0 Å². The molecule has 2 rings (SSSR count). The van der Waals surface area contributed by atoms with Gasteiger partial charge in [0.05, 0.1) is 0 Å². The zero-order chi connectivity index (χ0) is 10.1. The quantitative estimate of drug-likeness (QED) is 0.578. The predicted octanol–water partition coefficient (Wildman–Crippen LogP) is 1.50. The number of fused-ring (bicyclic) bond motifs is 1. The van der Waals surface area contributed by atoms with Crippen LogP contribution < -0.4 is 0 Å². The second kappa shape index (κ2) is 4.03. The third-order valence-electron chi connectivity index (χ3n) is 2.85. The van der Waals surface area contributed by atoms with Crippen molar-refractivity contribution in [2.75, 3.05) is 6.54 Å². The van der Waals surface area contributed by atoms with Gasteiger partial charge in [0.1, 0.15) is 0 Å². The third kappa shape index (κ3) is 1.73. The maximum atomic E-state index is 10.7. The van der Waals surface area contributed by atoms with Crippen LogP contribution in [0.2, 0.25) is 0 Å². The average Bonchev–Trinajstić information content (AvgIpc) is 2.23. The summed E-state index contributed by atoms with van der Waals surface area (Å²) in [6, 6.07) is 6.51. The van der Waals surface area contributed by atoms with E-state index >= 15 is 0 Å². The summed E-state index contributed by atoms with van der Waals surface area (Å²) in [5.74, 6) is 0. The molecule has 0 fully saturated rings. The first-order valence-corrected chi connectivity index (χ1v) is 6.06. The topological polar surface area (TPSA) is 20.3 Å². The van der Waals surface area contributed by atoms with Crippen molar-refractivity contribution in [3.05, 3.63) is 34.9 Å². The van der Waals surface area contributed by atoms with Crippen molar-refractivity contribution in [3.8, 4) is 0 Å². The molecule has 1 unspecified atom stereocenters. The van der Waals surface area contributed by atoms with E-state index in [0.717, 1.165) is 24.8 Å². The number of hydrogen-bond acceptors (Lipinski definition) is 2. The summed E-state index contributed by atoms with van der Waals surface area (Å²) in [5.41, 5.74) is 3.53. The van der Waals surface area contributed by atoms with Crippen molar-refractivity contribution in [2.24, 2.45) is 0 Å². The Bertz CT molecular complexity index is 364. The van der Waals surface area contributed by atoms with Crippen LogP contribution >= 0.6 is 0 Å². The molecule has 1 aromatic rings. The summed E-state index contributed by atoms with van der Waals surface area (Å²) < 4.78 is 2.41. The Hall–Kier alpha value is -0.351. The van der Waals surface area contributed by atoms with Gasteiger partial charge >= 0.3 is 97.8 Å². The molecule has 1 aliphatic heterocycles. The summed E-state index contributed by atoms with van der Waals surface area (Å²) in [7, 11) is 0. The molecule has 1 heterocycles. The number of carbonyl (C=O) groups is 1. The molecule has 1 atom stereocenters. The molecule has 0 amide bonds. The summed E-state index contributed by atoms with van der Waals surface area (Å²) in [6.45, 7) is 3.36. The molecule has 0 saturated carbocycles. The van der Waals surface area contributed by atoms with Gasteiger partial charge in [0.15, 0.2) is 0 Å². The number of nitrogens with zero attached hydrogens (tertiary/aromatic N) is 1. The van der Waals surface area contributed by atoms with Crippen LogP contribution in [0.15, 0.2) is 18.2 Å². The first-order chi connectivity index (χ1) is 6.72. The van der Waals surface area contributed by atoms with Gasteiger partial charge < -0.3 is 0 Å². The maximum absolute atomic E-state index is 10.7. The molecule has 2 nitrogen and oxygen atoms in total. The Labute approximate surface area is 97.7 Å². The average molecular weight is 293 g/mol. The van der Waals surface area contributed by atoms with Crippen LogP contribution in [0.1, 0.15) is 34.5 Å². The molecule has 0 bridgehead atoms.